The number of piperidine rings is 1. The molecule has 5 fully saturated rings. The van der Waals surface area contributed by atoms with E-state index < -0.39 is 72.1 Å². The van der Waals surface area contributed by atoms with Gasteiger partial charge in [0.25, 0.3) is 5.91 Å². The average Bonchev–Trinajstić information content (AvgIpc) is 2.97. The van der Waals surface area contributed by atoms with Crippen molar-refractivity contribution in [1.82, 2.24) is 4.90 Å². The Balaban J connectivity index is 1.22. The fourth-order valence-corrected chi connectivity index (χ4v) is 10.2. The molecule has 2 heterocycles. The number of carbonyl (C=O) groups excluding carboxylic acids is 1. The standard InChI is InChI=1S/C33H45F3NO7/c1-32-10-8-17(43-27-15-25(39)29(40)26(16-38)44-27)13-22(32)19(30(36)41)14-18-20(32)9-11-33(2)21(18)5-4-12-37(33)31(42)28-23(34)6-3-7-24(28)35/h3,6-7,17-22,25-27,29-30,38-40H,4-5,8-16H2,1-2H3/q-1/t17-,18+,19?,20?,21?,22?,25+,26+,27+,29-,30?,32+,33-/m0/s1. The SMILES string of the molecule is C[C@]12CC[C@H](O[C@H]3C[C@@H](O)[C@H](O)[C@@H](CO)O3)CC1C(C([O-])F)C[C@@H]1C2CC[C@@]2(C)C1CCCN2C(=O)c1c(F)cccc1F. The molecule has 0 aromatic heterocycles. The molecule has 2 saturated heterocycles. The van der Waals surface area contributed by atoms with E-state index in [1.165, 1.54) is 6.07 Å². The minimum atomic E-state index is -2.29. The van der Waals surface area contributed by atoms with Crippen LogP contribution in [0.4, 0.5) is 13.2 Å². The van der Waals surface area contributed by atoms with E-state index in [9.17, 15) is 34.0 Å². The molecule has 44 heavy (non-hydrogen) atoms. The Morgan fingerprint density at radius 2 is 1.82 bits per heavy atom. The smallest absolute Gasteiger partial charge is 0.260 e. The molecule has 11 heteroatoms. The van der Waals surface area contributed by atoms with Crippen LogP contribution in [0.1, 0.15) is 82.0 Å². The fraction of sp³-hybridized carbons (Fsp3) is 0.788. The molecule has 8 nitrogen and oxygen atoms in total. The number of rotatable bonds is 5. The van der Waals surface area contributed by atoms with E-state index in [0.29, 0.717) is 45.1 Å². The molecule has 0 radical (unpaired) electrons. The van der Waals surface area contributed by atoms with Gasteiger partial charge in [-0.2, -0.15) is 0 Å². The molecule has 246 valence electrons. The second-order valence-electron chi connectivity index (χ2n) is 14.4. The van der Waals surface area contributed by atoms with Gasteiger partial charge in [-0.15, -0.1) is 0 Å². The van der Waals surface area contributed by atoms with E-state index >= 15 is 4.39 Å². The molecule has 1 aromatic rings. The van der Waals surface area contributed by atoms with Crippen molar-refractivity contribution in [2.24, 2.45) is 35.0 Å². The lowest BCUT2D eigenvalue weighted by molar-refractivity contribution is -0.483. The third-order valence-corrected chi connectivity index (χ3v) is 12.4. The molecule has 3 N–H and O–H groups in total. The van der Waals surface area contributed by atoms with Crippen LogP contribution in [0.15, 0.2) is 18.2 Å². The van der Waals surface area contributed by atoms with E-state index in [1.807, 2.05) is 6.92 Å². The van der Waals surface area contributed by atoms with Gasteiger partial charge in [0.1, 0.15) is 29.4 Å². The van der Waals surface area contributed by atoms with Crippen LogP contribution in [0.25, 0.3) is 0 Å². The van der Waals surface area contributed by atoms with Gasteiger partial charge in [0.15, 0.2) is 6.29 Å². The van der Waals surface area contributed by atoms with Crippen molar-refractivity contribution in [3.8, 4) is 0 Å². The molecule has 1 aromatic carbocycles. The first kappa shape index (κ1) is 32.2. The quantitative estimate of drug-likeness (QED) is 0.430. The number of ether oxygens (including phenoxy) is 2. The van der Waals surface area contributed by atoms with Gasteiger partial charge in [0.2, 0.25) is 0 Å². The summed E-state index contributed by atoms with van der Waals surface area (Å²) in [7, 11) is 0. The zero-order valence-corrected chi connectivity index (χ0v) is 25.4. The van der Waals surface area contributed by atoms with Gasteiger partial charge in [-0.05, 0) is 105 Å². The molecular weight excluding hydrogens is 579 g/mol. The highest BCUT2D eigenvalue weighted by molar-refractivity contribution is 5.95. The Hall–Kier alpha value is -1.76. The van der Waals surface area contributed by atoms with Crippen molar-refractivity contribution in [3.05, 3.63) is 35.4 Å². The number of halogens is 3. The summed E-state index contributed by atoms with van der Waals surface area (Å²) < 4.78 is 56.3. The molecule has 0 spiro atoms. The Kier molecular flexibility index (Phi) is 8.86. The van der Waals surface area contributed by atoms with Crippen molar-refractivity contribution in [1.29, 1.82) is 0 Å². The van der Waals surface area contributed by atoms with Crippen molar-refractivity contribution in [2.75, 3.05) is 13.2 Å². The van der Waals surface area contributed by atoms with Crippen LogP contribution in [0.3, 0.4) is 0 Å². The minimum Gasteiger partial charge on any atom is -0.827 e. The van der Waals surface area contributed by atoms with E-state index in [-0.39, 0.29) is 41.6 Å². The second-order valence-corrected chi connectivity index (χ2v) is 14.4. The number of aliphatic hydroxyl groups excluding tert-OH is 3. The second kappa shape index (κ2) is 12.1. The number of nitrogens with zero attached hydrogens (tertiary/aromatic N) is 1. The van der Waals surface area contributed by atoms with Gasteiger partial charge in [0.05, 0.1) is 18.8 Å². The van der Waals surface area contributed by atoms with Crippen LogP contribution >= 0.6 is 0 Å². The molecule has 2 aliphatic heterocycles. The predicted octanol–water partition coefficient (Wildman–Crippen LogP) is 3.30. The molecule has 13 atom stereocenters. The van der Waals surface area contributed by atoms with Crippen LogP contribution in [0.2, 0.25) is 0 Å². The maximum Gasteiger partial charge on any atom is 0.260 e. The molecule has 5 aliphatic rings. The molecule has 3 aliphatic carbocycles. The minimum absolute atomic E-state index is 0.00522. The Morgan fingerprint density at radius 1 is 1.09 bits per heavy atom. The lowest BCUT2D eigenvalue weighted by atomic mass is 9.43. The highest BCUT2D eigenvalue weighted by Crippen LogP contribution is 2.65. The summed E-state index contributed by atoms with van der Waals surface area (Å²) in [6, 6.07) is 3.43. The topological polar surface area (TPSA) is 123 Å². The number of benzene rings is 1. The zero-order valence-electron chi connectivity index (χ0n) is 25.4. The first-order valence-electron chi connectivity index (χ1n) is 16.2. The van der Waals surface area contributed by atoms with Gasteiger partial charge in [0, 0.05) is 24.9 Å². The summed E-state index contributed by atoms with van der Waals surface area (Å²) in [6.07, 6.45) is -1.59. The molecule has 0 bridgehead atoms. The number of fused-ring (bicyclic) bond motifs is 5. The largest absolute Gasteiger partial charge is 0.827 e. The zero-order chi connectivity index (χ0) is 31.6. The number of likely N-dealkylation sites (tertiary alicyclic amines) is 1. The van der Waals surface area contributed by atoms with Crippen LogP contribution in [0.5, 0.6) is 0 Å². The maximum atomic E-state index is 15.0. The Labute approximate surface area is 256 Å². The van der Waals surface area contributed by atoms with Gasteiger partial charge in [-0.25, -0.2) is 8.78 Å². The van der Waals surface area contributed by atoms with Crippen LogP contribution in [0, 0.1) is 46.6 Å². The lowest BCUT2D eigenvalue weighted by Gasteiger charge is -2.66. The number of aliphatic hydroxyl groups is 3. The van der Waals surface area contributed by atoms with Crippen LogP contribution in [-0.4, -0.2) is 81.9 Å². The highest BCUT2D eigenvalue weighted by Gasteiger charge is 2.62. The number of hydrogen-bond donors (Lipinski definition) is 3. The number of hydrogen-bond acceptors (Lipinski definition) is 7. The third kappa shape index (κ3) is 5.29. The highest BCUT2D eigenvalue weighted by atomic mass is 19.1. The number of carbonyl (C=O) groups is 1. The van der Waals surface area contributed by atoms with Crippen LogP contribution in [-0.2, 0) is 9.47 Å². The molecule has 3 saturated carbocycles. The fourth-order valence-electron chi connectivity index (χ4n) is 10.2. The summed E-state index contributed by atoms with van der Waals surface area (Å²) in [5.74, 6) is -3.25. The number of alkyl halides is 1. The van der Waals surface area contributed by atoms with Gasteiger partial charge in [-0.3, -0.25) is 9.18 Å². The number of amides is 1. The summed E-state index contributed by atoms with van der Waals surface area (Å²) in [5, 5.41) is 42.6. The van der Waals surface area contributed by atoms with Gasteiger partial charge in [-0.1, -0.05) is 13.0 Å². The molecule has 5 unspecified atom stereocenters. The van der Waals surface area contributed by atoms with Gasteiger partial charge >= 0.3 is 0 Å². The molecule has 1 amide bonds. The summed E-state index contributed by atoms with van der Waals surface area (Å²) in [4.78, 5) is 15.3. The van der Waals surface area contributed by atoms with Crippen molar-refractivity contribution in [2.45, 2.75) is 114 Å². The van der Waals surface area contributed by atoms with Crippen molar-refractivity contribution < 1.29 is 47.9 Å². The Morgan fingerprint density at radius 3 is 2.50 bits per heavy atom. The van der Waals surface area contributed by atoms with Gasteiger partial charge < -0.3 is 34.8 Å². The normalized spacial score (nSPS) is 44.7. The van der Waals surface area contributed by atoms with Crippen molar-refractivity contribution >= 4 is 5.91 Å². The molecular formula is C33H45F3NO7-. The first-order chi connectivity index (χ1) is 20.9. The maximum absolute atomic E-state index is 15.0. The summed E-state index contributed by atoms with van der Waals surface area (Å²) in [5.41, 5.74) is -1.54. The third-order valence-electron chi connectivity index (χ3n) is 12.4. The predicted molar refractivity (Wildman–Crippen MR) is 150 cm³/mol. The van der Waals surface area contributed by atoms with E-state index in [4.69, 9.17) is 9.47 Å². The van der Waals surface area contributed by atoms with Crippen molar-refractivity contribution in [3.63, 3.8) is 0 Å². The summed E-state index contributed by atoms with van der Waals surface area (Å²) in [6.45, 7) is 4.09. The summed E-state index contributed by atoms with van der Waals surface area (Å²) >= 11 is 0. The molecule has 6 rings (SSSR count). The van der Waals surface area contributed by atoms with E-state index in [0.717, 1.165) is 25.0 Å². The first-order valence-corrected chi connectivity index (χ1v) is 16.2. The average molecular weight is 625 g/mol. The van der Waals surface area contributed by atoms with Crippen LogP contribution < -0.4 is 5.11 Å². The van der Waals surface area contributed by atoms with E-state index in [2.05, 4.69) is 6.92 Å². The Bertz CT molecular complexity index is 1200. The van der Waals surface area contributed by atoms with E-state index in [1.54, 1.807) is 4.90 Å². The monoisotopic (exact) mass is 624 g/mol. The lowest BCUT2D eigenvalue weighted by Crippen LogP contribution is -2.66.